The van der Waals surface area contributed by atoms with E-state index < -0.39 is 31.3 Å². The fourth-order valence-electron chi connectivity index (χ4n) is 1.67. The number of benzene rings is 1. The second-order valence-corrected chi connectivity index (χ2v) is 4.94. The van der Waals surface area contributed by atoms with E-state index in [1.807, 2.05) is 0 Å². The molecule has 0 aliphatic carbocycles. The summed E-state index contributed by atoms with van der Waals surface area (Å²) in [6, 6.07) is 2.64. The van der Waals surface area contributed by atoms with E-state index in [4.69, 9.17) is 32.1 Å². The number of hydrogen-bond donors (Lipinski definition) is 0. The summed E-state index contributed by atoms with van der Waals surface area (Å²) in [5, 5.41) is 10.2. The molecule has 0 N–H and O–H groups in total. The molecule has 0 amide bonds. The number of carbonyl (C=O) groups is 2. The number of ketones is 1. The third-order valence-electron chi connectivity index (χ3n) is 2.81. The number of hydrogen-bond acceptors (Lipinski definition) is 5. The Balaban J connectivity index is 0.00000576. The Kier molecular flexibility index (Phi) is 7.88. The zero-order valence-electron chi connectivity index (χ0n) is 15.2. The maximum atomic E-state index is 12.5. The number of ether oxygens (including phenoxy) is 2. The first-order valence-corrected chi connectivity index (χ1v) is 6.81. The fourth-order valence-corrected chi connectivity index (χ4v) is 2.14. The van der Waals surface area contributed by atoms with Crippen molar-refractivity contribution >= 4 is 35.0 Å². The summed E-state index contributed by atoms with van der Waals surface area (Å²) in [5.41, 5.74) is 0.0726. The molecule has 116 valence electrons. The van der Waals surface area contributed by atoms with Crippen LogP contribution < -0.4 is 39.4 Å². The van der Waals surface area contributed by atoms with Gasteiger partial charge in [-0.25, -0.2) is 0 Å². The number of Topliss-reactive ketones (excluding diaryl/α,β-unsaturated/α-hetero) is 1. The standard InChI is InChI=1S/C14H16Cl2O5.Na/c1-3-8(6-20-2)14(19)9-4-5-10(13(16)12(9)15)21-7-11(17)18;/h4-5,8H,3,6-7H2,1-2H3,(H,17,18);/q;+1/p-1/i2D3;. The van der Waals surface area contributed by atoms with Crippen molar-refractivity contribution in [1.82, 2.24) is 0 Å². The summed E-state index contributed by atoms with van der Waals surface area (Å²) >= 11 is 12.0. The van der Waals surface area contributed by atoms with Crippen LogP contribution in [0.15, 0.2) is 12.1 Å². The van der Waals surface area contributed by atoms with Crippen LogP contribution >= 0.6 is 23.2 Å². The van der Waals surface area contributed by atoms with Crippen molar-refractivity contribution in [2.75, 3.05) is 20.3 Å². The molecule has 22 heavy (non-hydrogen) atoms. The third-order valence-corrected chi connectivity index (χ3v) is 3.67. The van der Waals surface area contributed by atoms with Crippen LogP contribution in [0.1, 0.15) is 27.8 Å². The monoisotopic (exact) mass is 359 g/mol. The summed E-state index contributed by atoms with van der Waals surface area (Å²) in [6.07, 6.45) is 0.339. The van der Waals surface area contributed by atoms with Crippen LogP contribution in [0.25, 0.3) is 0 Å². The van der Waals surface area contributed by atoms with Gasteiger partial charge in [0.25, 0.3) is 0 Å². The summed E-state index contributed by atoms with van der Waals surface area (Å²) in [4.78, 5) is 22.9. The molecule has 0 saturated heterocycles. The second kappa shape index (κ2) is 10.5. The summed E-state index contributed by atoms with van der Waals surface area (Å²) in [6.45, 7) is 0.703. The summed E-state index contributed by atoms with van der Waals surface area (Å²) in [7, 11) is -2.60. The Morgan fingerprint density at radius 2 is 2.05 bits per heavy atom. The van der Waals surface area contributed by atoms with Crippen molar-refractivity contribution < 1.29 is 57.8 Å². The zero-order valence-corrected chi connectivity index (χ0v) is 15.7. The van der Waals surface area contributed by atoms with Crippen LogP contribution in [0.3, 0.4) is 0 Å². The van der Waals surface area contributed by atoms with Gasteiger partial charge in [0.05, 0.1) is 21.7 Å². The second-order valence-electron chi connectivity index (χ2n) is 4.18. The van der Waals surface area contributed by atoms with Crippen molar-refractivity contribution in [2.45, 2.75) is 13.3 Å². The number of carbonyl (C=O) groups excluding carboxylic acids is 2. The molecular formula is C14H15Cl2NaO5. The predicted octanol–water partition coefficient (Wildman–Crippen LogP) is -1.02. The average Bonchev–Trinajstić information content (AvgIpc) is 2.47. The molecule has 0 aliphatic heterocycles. The van der Waals surface area contributed by atoms with E-state index in [0.29, 0.717) is 6.42 Å². The number of carboxylic acid groups (broad SMARTS) is 1. The minimum Gasteiger partial charge on any atom is -0.546 e. The van der Waals surface area contributed by atoms with Gasteiger partial charge in [-0.1, -0.05) is 30.1 Å². The van der Waals surface area contributed by atoms with Gasteiger partial charge < -0.3 is 19.4 Å². The molecule has 0 heterocycles. The van der Waals surface area contributed by atoms with Crippen LogP contribution in [0.2, 0.25) is 10.0 Å². The molecule has 8 heteroatoms. The molecule has 0 aromatic heterocycles. The van der Waals surface area contributed by atoms with Crippen molar-refractivity contribution in [1.29, 1.82) is 0 Å². The summed E-state index contributed by atoms with van der Waals surface area (Å²) in [5.74, 6) is -2.58. The smallest absolute Gasteiger partial charge is 0.546 e. The first kappa shape index (κ1) is 16.6. The van der Waals surface area contributed by atoms with Crippen molar-refractivity contribution in [3.05, 3.63) is 27.7 Å². The molecule has 5 nitrogen and oxygen atoms in total. The molecule has 1 aromatic carbocycles. The Labute approximate surface area is 165 Å². The molecule has 1 aromatic rings. The minimum absolute atomic E-state index is 0. The van der Waals surface area contributed by atoms with E-state index in [1.165, 1.54) is 12.1 Å². The zero-order chi connectivity index (χ0) is 18.5. The predicted molar refractivity (Wildman–Crippen MR) is 77.0 cm³/mol. The quantitative estimate of drug-likeness (QED) is 0.438. The molecule has 0 saturated carbocycles. The first-order valence-electron chi connectivity index (χ1n) is 7.55. The van der Waals surface area contributed by atoms with Crippen molar-refractivity contribution in [2.24, 2.45) is 5.92 Å². The Morgan fingerprint density at radius 3 is 2.59 bits per heavy atom. The Bertz CT molecular complexity index is 625. The van der Waals surface area contributed by atoms with Crippen LogP contribution in [0, 0.1) is 5.92 Å². The number of aliphatic carboxylic acids is 1. The van der Waals surface area contributed by atoms with Crippen LogP contribution in [0.4, 0.5) is 0 Å². The Morgan fingerprint density at radius 1 is 1.36 bits per heavy atom. The molecule has 0 spiro atoms. The van der Waals surface area contributed by atoms with Gasteiger partial charge in [0.2, 0.25) is 0 Å². The van der Waals surface area contributed by atoms with Crippen LogP contribution in [-0.2, 0) is 9.53 Å². The normalized spacial score (nSPS) is 14.0. The number of rotatable bonds is 8. The van der Waals surface area contributed by atoms with Crippen molar-refractivity contribution in [3.63, 3.8) is 0 Å². The van der Waals surface area contributed by atoms with Gasteiger partial charge in [0.1, 0.15) is 17.4 Å². The van der Waals surface area contributed by atoms with Gasteiger partial charge in [-0.3, -0.25) is 4.79 Å². The number of carboxylic acids is 1. The van der Waals surface area contributed by atoms with Crippen LogP contribution in [-0.4, -0.2) is 32.0 Å². The molecule has 0 radical (unpaired) electrons. The fraction of sp³-hybridized carbons (Fsp3) is 0.429. The van der Waals surface area contributed by atoms with Crippen LogP contribution in [0.5, 0.6) is 5.75 Å². The first-order chi connectivity index (χ1) is 11.1. The van der Waals surface area contributed by atoms with Gasteiger partial charge in [-0.05, 0) is 18.6 Å². The molecule has 0 aliphatic rings. The van der Waals surface area contributed by atoms with E-state index in [0.717, 1.165) is 0 Å². The van der Waals surface area contributed by atoms with Gasteiger partial charge in [-0.15, -0.1) is 0 Å². The van der Waals surface area contributed by atoms with Gasteiger partial charge in [0.15, 0.2) is 5.78 Å². The minimum atomic E-state index is -2.60. The maximum absolute atomic E-state index is 12.5. The Hall–Kier alpha value is -0.300. The third kappa shape index (κ3) is 5.72. The van der Waals surface area contributed by atoms with Gasteiger partial charge >= 0.3 is 29.6 Å². The number of halogens is 2. The molecule has 1 unspecified atom stereocenters. The SMILES string of the molecule is [2H]C([2H])([2H])OCC(CC)C(=O)c1ccc(OCC(=O)[O-])c(Cl)c1Cl.[Na+]. The largest absolute Gasteiger partial charge is 1.00 e. The summed E-state index contributed by atoms with van der Waals surface area (Å²) < 4.78 is 30.6. The number of methoxy groups -OCH3 is 1. The van der Waals surface area contributed by atoms with Crippen molar-refractivity contribution in [3.8, 4) is 5.75 Å². The van der Waals surface area contributed by atoms with E-state index in [9.17, 15) is 14.7 Å². The average molecular weight is 360 g/mol. The van der Waals surface area contributed by atoms with Gasteiger partial charge in [-0.2, -0.15) is 0 Å². The maximum Gasteiger partial charge on any atom is 1.00 e. The molecular weight excluding hydrogens is 342 g/mol. The van der Waals surface area contributed by atoms with E-state index in [2.05, 4.69) is 4.74 Å². The van der Waals surface area contributed by atoms with Gasteiger partial charge in [0, 0.05) is 18.5 Å². The van der Waals surface area contributed by atoms with E-state index >= 15 is 0 Å². The topological polar surface area (TPSA) is 75.7 Å². The molecule has 1 rings (SSSR count). The van der Waals surface area contributed by atoms with E-state index in [-0.39, 0.29) is 57.5 Å². The molecule has 1 atom stereocenters. The molecule has 0 bridgehead atoms. The van der Waals surface area contributed by atoms with E-state index in [1.54, 1.807) is 6.92 Å². The molecule has 0 fully saturated rings.